The number of hydrogen-bond acceptors (Lipinski definition) is 3. The monoisotopic (exact) mass is 154 g/mol. The lowest BCUT2D eigenvalue weighted by atomic mass is 9.94. The van der Waals surface area contributed by atoms with Gasteiger partial charge in [-0.2, -0.15) is 0 Å². The van der Waals surface area contributed by atoms with Gasteiger partial charge in [-0.25, -0.2) is 0 Å². The number of nitrogens with zero attached hydrogens (tertiary/aromatic N) is 1. The van der Waals surface area contributed by atoms with E-state index in [9.17, 15) is 9.90 Å². The van der Waals surface area contributed by atoms with Gasteiger partial charge >= 0.3 is 0 Å². The molecule has 1 fully saturated rings. The van der Waals surface area contributed by atoms with Crippen LogP contribution in [0.3, 0.4) is 0 Å². The van der Waals surface area contributed by atoms with Crippen LogP contribution in [0.15, 0.2) is 0 Å². The standard InChI is InChI=1S/C7H13BNO2/c10-6-8-9-4-1-2-7(11)3-5-9/h6-7,11H,1-5H2/t7-/m0/s1. The molecule has 0 spiro atoms. The van der Waals surface area contributed by atoms with E-state index in [2.05, 4.69) is 0 Å². The maximum absolute atomic E-state index is 10.1. The van der Waals surface area contributed by atoms with Crippen molar-refractivity contribution in [2.24, 2.45) is 0 Å². The van der Waals surface area contributed by atoms with E-state index in [1.807, 2.05) is 4.81 Å². The first-order chi connectivity index (χ1) is 5.33. The van der Waals surface area contributed by atoms with Gasteiger partial charge in [0.2, 0.25) is 0 Å². The molecule has 1 aliphatic heterocycles. The molecule has 1 rings (SSSR count). The highest BCUT2D eigenvalue weighted by atomic mass is 16.3. The Hall–Kier alpha value is -0.345. The summed E-state index contributed by atoms with van der Waals surface area (Å²) in [6, 6.07) is 0. The fourth-order valence-electron chi connectivity index (χ4n) is 1.34. The van der Waals surface area contributed by atoms with Crippen molar-refractivity contribution in [3.63, 3.8) is 0 Å². The molecule has 0 amide bonds. The molecule has 0 aliphatic carbocycles. The third-order valence-corrected chi connectivity index (χ3v) is 2.00. The van der Waals surface area contributed by atoms with Gasteiger partial charge in [-0.3, -0.25) is 0 Å². The zero-order valence-corrected chi connectivity index (χ0v) is 6.57. The average molecular weight is 154 g/mol. The second kappa shape index (κ2) is 4.52. The quantitative estimate of drug-likeness (QED) is 0.436. The van der Waals surface area contributed by atoms with Gasteiger partial charge in [0.1, 0.15) is 0 Å². The van der Waals surface area contributed by atoms with Crippen molar-refractivity contribution in [2.75, 3.05) is 13.1 Å². The lowest BCUT2D eigenvalue weighted by molar-refractivity contribution is 0.159. The highest BCUT2D eigenvalue weighted by Gasteiger charge is 2.14. The van der Waals surface area contributed by atoms with Crippen LogP contribution in [0.25, 0.3) is 0 Å². The largest absolute Gasteiger partial charge is 0.393 e. The van der Waals surface area contributed by atoms with Crippen LogP contribution in [0.4, 0.5) is 0 Å². The minimum absolute atomic E-state index is 0.167. The van der Waals surface area contributed by atoms with Gasteiger partial charge in [-0.15, -0.1) is 0 Å². The Morgan fingerprint density at radius 1 is 1.45 bits per heavy atom. The maximum Gasteiger partial charge on any atom is 0.293 e. The van der Waals surface area contributed by atoms with Crippen molar-refractivity contribution >= 4 is 13.6 Å². The minimum atomic E-state index is -0.167. The van der Waals surface area contributed by atoms with Crippen molar-refractivity contribution in [1.82, 2.24) is 4.81 Å². The molecule has 1 radical (unpaired) electrons. The van der Waals surface area contributed by atoms with E-state index in [1.165, 1.54) is 0 Å². The van der Waals surface area contributed by atoms with E-state index < -0.39 is 0 Å². The minimum Gasteiger partial charge on any atom is -0.393 e. The zero-order chi connectivity index (χ0) is 8.10. The lowest BCUT2D eigenvalue weighted by Crippen LogP contribution is -2.30. The zero-order valence-electron chi connectivity index (χ0n) is 6.57. The number of aliphatic hydroxyl groups is 1. The third-order valence-electron chi connectivity index (χ3n) is 2.00. The number of hydrogen-bond donors (Lipinski definition) is 1. The van der Waals surface area contributed by atoms with Crippen LogP contribution < -0.4 is 0 Å². The first-order valence-corrected chi connectivity index (χ1v) is 4.03. The van der Waals surface area contributed by atoms with Gasteiger partial charge in [0.15, 0.2) is 0 Å². The lowest BCUT2D eigenvalue weighted by Gasteiger charge is -2.14. The summed E-state index contributed by atoms with van der Waals surface area (Å²) in [7, 11) is 1.55. The van der Waals surface area contributed by atoms with Crippen molar-refractivity contribution in [1.29, 1.82) is 0 Å². The summed E-state index contributed by atoms with van der Waals surface area (Å²) in [5, 5.41) is 9.25. The average Bonchev–Trinajstić information content (AvgIpc) is 2.17. The van der Waals surface area contributed by atoms with Crippen LogP contribution >= 0.6 is 0 Å². The third kappa shape index (κ3) is 3.03. The molecule has 1 aliphatic rings. The van der Waals surface area contributed by atoms with Gasteiger partial charge in [0, 0.05) is 0 Å². The molecule has 11 heavy (non-hydrogen) atoms. The molecule has 0 bridgehead atoms. The molecule has 0 aromatic rings. The van der Waals surface area contributed by atoms with Crippen LogP contribution in [0.5, 0.6) is 0 Å². The molecule has 4 heteroatoms. The summed E-state index contributed by atoms with van der Waals surface area (Å²) in [5.74, 6) is 0. The summed E-state index contributed by atoms with van der Waals surface area (Å²) in [4.78, 5) is 12.1. The number of carbonyl (C=O) groups excluding carboxylic acids is 1. The van der Waals surface area contributed by atoms with E-state index >= 15 is 0 Å². The molecule has 1 heterocycles. The summed E-state index contributed by atoms with van der Waals surface area (Å²) >= 11 is 0. The van der Waals surface area contributed by atoms with Gasteiger partial charge in [-0.05, 0) is 32.4 Å². The molecule has 1 saturated heterocycles. The Bertz CT molecular complexity index is 132. The Balaban J connectivity index is 2.27. The predicted molar refractivity (Wildman–Crippen MR) is 43.9 cm³/mol. The number of aliphatic hydroxyl groups excluding tert-OH is 1. The molecule has 61 valence electrons. The normalized spacial score (nSPS) is 27.5. The Labute approximate surface area is 67.6 Å². The van der Waals surface area contributed by atoms with Gasteiger partial charge in [-0.1, -0.05) is 0 Å². The Morgan fingerprint density at radius 2 is 2.27 bits per heavy atom. The van der Waals surface area contributed by atoms with E-state index in [1.54, 1.807) is 7.41 Å². The van der Waals surface area contributed by atoms with Gasteiger partial charge in [0.25, 0.3) is 7.41 Å². The SMILES string of the molecule is O=C[B]N1CCC[C@H](O)CC1. The summed E-state index contributed by atoms with van der Waals surface area (Å²) < 4.78 is 0. The topological polar surface area (TPSA) is 40.5 Å². The molecule has 3 nitrogen and oxygen atoms in total. The fourth-order valence-corrected chi connectivity index (χ4v) is 1.34. The van der Waals surface area contributed by atoms with Crippen LogP contribution in [0.1, 0.15) is 19.3 Å². The predicted octanol–water partition coefficient (Wildman–Crippen LogP) is -0.357. The van der Waals surface area contributed by atoms with Gasteiger partial charge < -0.3 is 14.7 Å². The molecule has 0 aromatic carbocycles. The Kier molecular flexibility index (Phi) is 3.59. The second-order valence-electron chi connectivity index (χ2n) is 2.91. The first kappa shape index (κ1) is 8.75. The summed E-state index contributed by atoms with van der Waals surface area (Å²) in [6.07, 6.45) is 3.26. The van der Waals surface area contributed by atoms with Crippen LogP contribution in [-0.2, 0) is 4.79 Å². The van der Waals surface area contributed by atoms with E-state index in [0.717, 1.165) is 38.5 Å². The molecular formula is C7H13BNO2. The van der Waals surface area contributed by atoms with Crippen molar-refractivity contribution in [3.05, 3.63) is 0 Å². The summed E-state index contributed by atoms with van der Waals surface area (Å²) in [5.41, 5.74) is 0. The van der Waals surface area contributed by atoms with Crippen LogP contribution in [0, 0.1) is 0 Å². The smallest absolute Gasteiger partial charge is 0.293 e. The molecule has 1 N–H and O–H groups in total. The second-order valence-corrected chi connectivity index (χ2v) is 2.91. The highest BCUT2D eigenvalue weighted by Crippen LogP contribution is 2.08. The molecule has 0 unspecified atom stereocenters. The van der Waals surface area contributed by atoms with Gasteiger partial charge in [0.05, 0.1) is 12.3 Å². The van der Waals surface area contributed by atoms with Crippen LogP contribution in [-0.4, -0.2) is 42.7 Å². The first-order valence-electron chi connectivity index (χ1n) is 4.03. The molecule has 1 atom stereocenters. The summed E-state index contributed by atoms with van der Waals surface area (Å²) in [6.45, 7) is 1.70. The van der Waals surface area contributed by atoms with Crippen molar-refractivity contribution < 1.29 is 9.90 Å². The molecule has 0 saturated carbocycles. The van der Waals surface area contributed by atoms with Crippen LogP contribution in [0.2, 0.25) is 0 Å². The van der Waals surface area contributed by atoms with E-state index in [-0.39, 0.29) is 6.10 Å². The fraction of sp³-hybridized carbons (Fsp3) is 0.857. The number of carbonyl (C=O) groups is 1. The number of rotatable bonds is 2. The van der Waals surface area contributed by atoms with Crippen molar-refractivity contribution in [3.8, 4) is 0 Å². The Morgan fingerprint density at radius 3 is 3.00 bits per heavy atom. The highest BCUT2D eigenvalue weighted by molar-refractivity contribution is 6.64. The molecular weight excluding hydrogens is 141 g/mol. The maximum atomic E-state index is 10.1. The van der Waals surface area contributed by atoms with Crippen molar-refractivity contribution in [2.45, 2.75) is 25.4 Å². The van der Waals surface area contributed by atoms with E-state index in [0.29, 0.717) is 0 Å². The molecule has 0 aromatic heterocycles. The van der Waals surface area contributed by atoms with E-state index in [4.69, 9.17) is 0 Å².